The number of halogens is 1. The van der Waals surface area contributed by atoms with Gasteiger partial charge in [0.2, 0.25) is 5.91 Å². The van der Waals surface area contributed by atoms with E-state index in [1.54, 1.807) is 18.9 Å². The molecule has 0 bridgehead atoms. The molecule has 0 radical (unpaired) electrons. The highest BCUT2D eigenvalue weighted by Gasteiger charge is 2.23. The van der Waals surface area contributed by atoms with Crippen LogP contribution in [0.3, 0.4) is 0 Å². The van der Waals surface area contributed by atoms with E-state index >= 15 is 0 Å². The number of hydrogen-bond donors (Lipinski definition) is 2. The third kappa shape index (κ3) is 7.71. The van der Waals surface area contributed by atoms with Crippen molar-refractivity contribution < 1.29 is 14.3 Å². The van der Waals surface area contributed by atoms with Gasteiger partial charge in [-0.1, -0.05) is 6.92 Å². The zero-order valence-electron chi connectivity index (χ0n) is 14.1. The number of amides is 2. The molecular formula is C14H28IN5O3. The van der Waals surface area contributed by atoms with E-state index in [1.807, 2.05) is 11.8 Å². The van der Waals surface area contributed by atoms with Gasteiger partial charge < -0.3 is 25.2 Å². The molecule has 0 aromatic heterocycles. The predicted octanol–water partition coefficient (Wildman–Crippen LogP) is 0.480. The van der Waals surface area contributed by atoms with Crippen LogP contribution in [0.5, 0.6) is 0 Å². The lowest BCUT2D eigenvalue weighted by Crippen LogP contribution is -2.54. The molecule has 8 nitrogen and oxygen atoms in total. The van der Waals surface area contributed by atoms with Crippen LogP contribution >= 0.6 is 24.0 Å². The maximum Gasteiger partial charge on any atom is 0.409 e. The van der Waals surface area contributed by atoms with Gasteiger partial charge in [-0.05, 0) is 13.3 Å². The monoisotopic (exact) mass is 441 g/mol. The van der Waals surface area contributed by atoms with Crippen LogP contribution in [-0.2, 0) is 9.53 Å². The maximum absolute atomic E-state index is 11.6. The lowest BCUT2D eigenvalue weighted by molar-refractivity contribution is -0.120. The summed E-state index contributed by atoms with van der Waals surface area (Å²) < 4.78 is 4.99. The van der Waals surface area contributed by atoms with Crippen LogP contribution in [0, 0.1) is 0 Å². The third-order valence-corrected chi connectivity index (χ3v) is 3.30. The highest BCUT2D eigenvalue weighted by atomic mass is 127. The van der Waals surface area contributed by atoms with E-state index in [9.17, 15) is 9.59 Å². The summed E-state index contributed by atoms with van der Waals surface area (Å²) in [4.78, 5) is 31.1. The van der Waals surface area contributed by atoms with Crippen molar-refractivity contribution in [3.63, 3.8) is 0 Å². The molecule has 0 aromatic rings. The van der Waals surface area contributed by atoms with Crippen LogP contribution in [0.2, 0.25) is 0 Å². The van der Waals surface area contributed by atoms with Gasteiger partial charge in [0.15, 0.2) is 5.96 Å². The molecule has 1 saturated heterocycles. The summed E-state index contributed by atoms with van der Waals surface area (Å²) >= 11 is 0. The zero-order chi connectivity index (χ0) is 16.4. The first-order valence-corrected chi connectivity index (χ1v) is 7.76. The molecule has 2 N–H and O–H groups in total. The molecule has 2 amide bonds. The van der Waals surface area contributed by atoms with Gasteiger partial charge in [0, 0.05) is 39.8 Å². The first kappa shape index (κ1) is 21.7. The lowest BCUT2D eigenvalue weighted by atomic mass is 10.3. The van der Waals surface area contributed by atoms with E-state index in [2.05, 4.69) is 15.6 Å². The lowest BCUT2D eigenvalue weighted by Gasteiger charge is -2.35. The van der Waals surface area contributed by atoms with Crippen molar-refractivity contribution in [1.82, 2.24) is 20.4 Å². The van der Waals surface area contributed by atoms with Gasteiger partial charge in [0.25, 0.3) is 0 Å². The van der Waals surface area contributed by atoms with Crippen molar-refractivity contribution in [3.05, 3.63) is 0 Å². The number of aliphatic imine (C=N–C) groups is 1. The largest absolute Gasteiger partial charge is 0.450 e. The molecule has 1 aliphatic heterocycles. The average Bonchev–Trinajstić information content (AvgIpc) is 2.54. The average molecular weight is 441 g/mol. The summed E-state index contributed by atoms with van der Waals surface area (Å²) in [7, 11) is 1.68. The van der Waals surface area contributed by atoms with Crippen molar-refractivity contribution >= 4 is 41.9 Å². The Hall–Kier alpha value is -1.26. The Morgan fingerprint density at radius 3 is 2.22 bits per heavy atom. The van der Waals surface area contributed by atoms with E-state index in [-0.39, 0.29) is 42.5 Å². The molecule has 1 rings (SSSR count). The number of guanidine groups is 1. The fourth-order valence-electron chi connectivity index (χ4n) is 2.13. The topological polar surface area (TPSA) is 86.3 Å². The number of carbonyl (C=O) groups is 2. The van der Waals surface area contributed by atoms with E-state index in [0.29, 0.717) is 45.3 Å². The number of nitrogens with zero attached hydrogens (tertiary/aromatic N) is 3. The quantitative estimate of drug-likeness (QED) is 0.368. The normalized spacial score (nSPS) is 14.8. The second-order valence-electron chi connectivity index (χ2n) is 4.92. The van der Waals surface area contributed by atoms with Gasteiger partial charge in [0.05, 0.1) is 13.2 Å². The molecule has 1 fully saturated rings. The zero-order valence-corrected chi connectivity index (χ0v) is 16.5. The number of ether oxygens (including phenoxy) is 1. The molecule has 0 saturated carbocycles. The Morgan fingerprint density at radius 1 is 1.09 bits per heavy atom. The molecule has 0 spiro atoms. The minimum absolute atomic E-state index is 0. The van der Waals surface area contributed by atoms with E-state index in [1.165, 1.54) is 0 Å². The molecule has 0 aromatic carbocycles. The molecule has 0 atom stereocenters. The Morgan fingerprint density at radius 2 is 1.70 bits per heavy atom. The van der Waals surface area contributed by atoms with Crippen molar-refractivity contribution in [2.45, 2.75) is 20.3 Å². The van der Waals surface area contributed by atoms with Crippen LogP contribution in [0.4, 0.5) is 4.79 Å². The standard InChI is InChI=1S/C14H27N5O3.HI/c1-4-6-16-12(20)11-17-13(15-3)18-7-9-19(10-8-18)14(21)22-5-2;/h4-11H2,1-3H3,(H,15,17)(H,16,20);1H. The summed E-state index contributed by atoms with van der Waals surface area (Å²) in [6.45, 7) is 7.56. The van der Waals surface area contributed by atoms with Crippen LogP contribution in [0.1, 0.15) is 20.3 Å². The van der Waals surface area contributed by atoms with Crippen molar-refractivity contribution in [2.75, 3.05) is 52.9 Å². The maximum atomic E-state index is 11.6. The summed E-state index contributed by atoms with van der Waals surface area (Å²) in [5, 5.41) is 5.85. The van der Waals surface area contributed by atoms with Gasteiger partial charge in [0.1, 0.15) is 0 Å². The Labute approximate surface area is 155 Å². The van der Waals surface area contributed by atoms with Crippen LogP contribution in [-0.4, -0.2) is 80.7 Å². The Kier molecular flexibility index (Phi) is 11.5. The summed E-state index contributed by atoms with van der Waals surface area (Å²) in [6, 6.07) is 0. The van der Waals surface area contributed by atoms with E-state index in [4.69, 9.17) is 4.74 Å². The van der Waals surface area contributed by atoms with Gasteiger partial charge >= 0.3 is 6.09 Å². The second kappa shape index (κ2) is 12.2. The summed E-state index contributed by atoms with van der Waals surface area (Å²) in [5.74, 6) is 0.628. The van der Waals surface area contributed by atoms with E-state index < -0.39 is 0 Å². The highest BCUT2D eigenvalue weighted by Crippen LogP contribution is 2.04. The van der Waals surface area contributed by atoms with Crippen LogP contribution in [0.25, 0.3) is 0 Å². The van der Waals surface area contributed by atoms with Gasteiger partial charge in [-0.2, -0.15) is 0 Å². The minimum Gasteiger partial charge on any atom is -0.450 e. The molecule has 134 valence electrons. The molecule has 1 aliphatic rings. The minimum atomic E-state index is -0.274. The third-order valence-electron chi connectivity index (χ3n) is 3.30. The number of carbonyl (C=O) groups excluding carboxylic acids is 2. The van der Waals surface area contributed by atoms with Crippen LogP contribution in [0.15, 0.2) is 4.99 Å². The van der Waals surface area contributed by atoms with Crippen molar-refractivity contribution in [1.29, 1.82) is 0 Å². The first-order chi connectivity index (χ1) is 10.6. The van der Waals surface area contributed by atoms with E-state index in [0.717, 1.165) is 6.42 Å². The van der Waals surface area contributed by atoms with Gasteiger partial charge in [-0.3, -0.25) is 9.79 Å². The smallest absolute Gasteiger partial charge is 0.409 e. The fourth-order valence-corrected chi connectivity index (χ4v) is 2.13. The molecule has 0 aliphatic carbocycles. The van der Waals surface area contributed by atoms with Gasteiger partial charge in [-0.25, -0.2) is 4.79 Å². The molecule has 9 heteroatoms. The molecular weight excluding hydrogens is 413 g/mol. The van der Waals surface area contributed by atoms with Crippen LogP contribution < -0.4 is 10.6 Å². The number of nitrogens with one attached hydrogen (secondary N) is 2. The molecule has 23 heavy (non-hydrogen) atoms. The Bertz CT molecular complexity index is 398. The summed E-state index contributed by atoms with van der Waals surface area (Å²) in [6.07, 6.45) is 0.639. The predicted molar refractivity (Wildman–Crippen MR) is 100 cm³/mol. The SMILES string of the molecule is CCCNC(=O)CNC(=NC)N1CCN(C(=O)OCC)CC1.I. The summed E-state index contributed by atoms with van der Waals surface area (Å²) in [5.41, 5.74) is 0. The van der Waals surface area contributed by atoms with Crippen molar-refractivity contribution in [3.8, 4) is 0 Å². The second-order valence-corrected chi connectivity index (χ2v) is 4.92. The number of piperazine rings is 1. The Balaban J connectivity index is 0.00000484. The number of rotatable bonds is 5. The fraction of sp³-hybridized carbons (Fsp3) is 0.786. The number of hydrogen-bond acceptors (Lipinski definition) is 4. The highest BCUT2D eigenvalue weighted by molar-refractivity contribution is 14.0. The van der Waals surface area contributed by atoms with Crippen molar-refractivity contribution in [2.24, 2.45) is 4.99 Å². The van der Waals surface area contributed by atoms with Gasteiger partial charge in [-0.15, -0.1) is 24.0 Å². The molecule has 1 heterocycles. The first-order valence-electron chi connectivity index (χ1n) is 7.76. The molecule has 0 unspecified atom stereocenters.